The Labute approximate surface area is 398 Å². The van der Waals surface area contributed by atoms with Crippen LogP contribution in [-0.2, 0) is 10.8 Å². The third-order valence-electron chi connectivity index (χ3n) is 19.9. The van der Waals surface area contributed by atoms with Gasteiger partial charge in [0, 0.05) is 53.6 Å². The highest BCUT2D eigenvalue weighted by molar-refractivity contribution is 7.26. The van der Waals surface area contributed by atoms with Crippen molar-refractivity contribution in [3.05, 3.63) is 150 Å². The van der Waals surface area contributed by atoms with Crippen molar-refractivity contribution in [2.24, 2.45) is 35.5 Å². The molecule has 8 saturated carbocycles. The van der Waals surface area contributed by atoms with Gasteiger partial charge in [0.2, 0.25) is 0 Å². The Balaban J connectivity index is 0.981. The van der Waals surface area contributed by atoms with Gasteiger partial charge < -0.3 is 9.38 Å². The Morgan fingerprint density at radius 2 is 1.15 bits per heavy atom. The van der Waals surface area contributed by atoms with E-state index in [0.717, 1.165) is 35.5 Å². The average molecular weight is 883 g/mol. The zero-order chi connectivity index (χ0) is 43.5. The molecule has 2 nitrogen and oxygen atoms in total. The van der Waals surface area contributed by atoms with E-state index in [1.165, 1.54) is 175 Å². The molecule has 326 valence electrons. The number of thiophene rings is 1. The molecule has 0 spiro atoms. The fourth-order valence-corrected chi connectivity index (χ4v) is 19.3. The molecular formula is C63H55BN2S. The van der Waals surface area contributed by atoms with E-state index in [9.17, 15) is 0 Å². The topological polar surface area (TPSA) is 8.17 Å². The van der Waals surface area contributed by atoms with Crippen LogP contribution in [0, 0.1) is 42.4 Å². The predicted molar refractivity (Wildman–Crippen MR) is 283 cm³/mol. The molecule has 67 heavy (non-hydrogen) atoms. The molecule has 4 heterocycles. The second-order valence-electron chi connectivity index (χ2n) is 23.8. The molecule has 2 aromatic heterocycles. The lowest BCUT2D eigenvalue weighted by atomic mass is 9.42. The largest absolute Gasteiger partial charge is 0.376 e. The van der Waals surface area contributed by atoms with Gasteiger partial charge in [0.1, 0.15) is 0 Å². The summed E-state index contributed by atoms with van der Waals surface area (Å²) in [5, 5.41) is 5.81. The van der Waals surface area contributed by atoms with Crippen LogP contribution < -0.4 is 15.7 Å². The number of benzene rings is 7. The maximum absolute atomic E-state index is 2.82. The van der Waals surface area contributed by atoms with Crippen molar-refractivity contribution >= 4 is 82.5 Å². The molecule has 7 aromatic carbocycles. The summed E-state index contributed by atoms with van der Waals surface area (Å²) in [5.41, 5.74) is 20.5. The monoisotopic (exact) mass is 882 g/mol. The summed E-state index contributed by atoms with van der Waals surface area (Å²) >= 11 is 1.95. The van der Waals surface area contributed by atoms with Gasteiger partial charge in [0.15, 0.2) is 0 Å². The van der Waals surface area contributed by atoms with Crippen LogP contribution in [0.3, 0.4) is 0 Å². The Kier molecular flexibility index (Phi) is 7.22. The van der Waals surface area contributed by atoms with Crippen LogP contribution in [-0.4, -0.2) is 11.4 Å². The van der Waals surface area contributed by atoms with E-state index in [2.05, 4.69) is 150 Å². The fourth-order valence-electron chi connectivity index (χ4n) is 18.2. The molecule has 8 bridgehead atoms. The summed E-state index contributed by atoms with van der Waals surface area (Å²) in [6.07, 6.45) is 17.2. The summed E-state index contributed by atoms with van der Waals surface area (Å²) < 4.78 is 5.52. The van der Waals surface area contributed by atoms with Crippen molar-refractivity contribution in [2.75, 3.05) is 4.81 Å². The van der Waals surface area contributed by atoms with Crippen molar-refractivity contribution in [3.8, 4) is 27.9 Å². The van der Waals surface area contributed by atoms with Crippen LogP contribution in [0.25, 0.3) is 69.9 Å². The zero-order valence-electron chi connectivity index (χ0n) is 38.5. The van der Waals surface area contributed by atoms with Crippen LogP contribution in [0.5, 0.6) is 0 Å². The molecule has 0 radical (unpaired) electrons. The number of rotatable bonds is 4. The number of aryl methyl sites for hydroxylation is 1. The first-order valence-electron chi connectivity index (χ1n) is 26.1. The molecule has 8 aliphatic carbocycles. The number of fused-ring (bicyclic) bond motifs is 11. The maximum Gasteiger partial charge on any atom is 0.333 e. The molecule has 8 fully saturated rings. The van der Waals surface area contributed by atoms with Gasteiger partial charge in [-0.25, -0.2) is 0 Å². The van der Waals surface area contributed by atoms with Crippen molar-refractivity contribution in [3.63, 3.8) is 0 Å². The van der Waals surface area contributed by atoms with E-state index in [1.807, 2.05) is 11.3 Å². The molecule has 9 aromatic rings. The zero-order valence-corrected chi connectivity index (χ0v) is 39.3. The number of hydrogen-bond donors (Lipinski definition) is 0. The van der Waals surface area contributed by atoms with Crippen LogP contribution in [0.2, 0.25) is 0 Å². The number of nitrogens with zero attached hydrogens (tertiary/aromatic N) is 2. The van der Waals surface area contributed by atoms with E-state index in [1.54, 1.807) is 11.1 Å². The Bertz CT molecular complexity index is 3560. The summed E-state index contributed by atoms with van der Waals surface area (Å²) in [4.78, 5) is 2.80. The predicted octanol–water partition coefficient (Wildman–Crippen LogP) is 15.3. The average Bonchev–Trinajstić information content (AvgIpc) is 3.88. The lowest BCUT2D eigenvalue weighted by Crippen LogP contribution is -2.61. The van der Waals surface area contributed by atoms with E-state index >= 15 is 0 Å². The van der Waals surface area contributed by atoms with Gasteiger partial charge >= 0.3 is 6.85 Å². The van der Waals surface area contributed by atoms with Gasteiger partial charge in [-0.15, -0.1) is 11.3 Å². The highest BCUT2D eigenvalue weighted by Crippen LogP contribution is 2.63. The van der Waals surface area contributed by atoms with E-state index in [-0.39, 0.29) is 12.3 Å². The lowest BCUT2D eigenvalue weighted by Gasteiger charge is -2.57. The first-order chi connectivity index (χ1) is 32.9. The minimum Gasteiger partial charge on any atom is -0.376 e. The quantitative estimate of drug-likeness (QED) is 0.160. The summed E-state index contributed by atoms with van der Waals surface area (Å²) in [5.74, 6) is 5.45. The van der Waals surface area contributed by atoms with Crippen LogP contribution in [0.1, 0.15) is 93.7 Å². The van der Waals surface area contributed by atoms with Crippen LogP contribution >= 0.6 is 11.3 Å². The van der Waals surface area contributed by atoms with Crippen molar-refractivity contribution in [2.45, 2.75) is 94.8 Å². The van der Waals surface area contributed by atoms with Gasteiger partial charge in [-0.2, -0.15) is 0 Å². The number of hydrogen-bond acceptors (Lipinski definition) is 2. The fraction of sp³-hybridized carbons (Fsp3) is 0.333. The number of anilines is 2. The summed E-state index contributed by atoms with van der Waals surface area (Å²) in [6, 6.07) is 53.4. The van der Waals surface area contributed by atoms with Gasteiger partial charge in [0.25, 0.3) is 0 Å². The lowest BCUT2D eigenvalue weighted by molar-refractivity contribution is -0.00526. The van der Waals surface area contributed by atoms with E-state index in [0.29, 0.717) is 5.41 Å². The smallest absolute Gasteiger partial charge is 0.333 e. The summed E-state index contributed by atoms with van der Waals surface area (Å²) in [7, 11) is 0. The molecule has 0 saturated heterocycles. The first kappa shape index (κ1) is 37.4. The third kappa shape index (κ3) is 4.98. The Morgan fingerprint density at radius 3 is 1.85 bits per heavy atom. The molecule has 0 amide bonds. The molecule has 0 unspecified atom stereocenters. The molecule has 0 atom stereocenters. The standard InChI is InChI=1S/C63H55BN2S/c1-36-19-51-58-54(17-18-57-59(58)48-9-5-6-10-56(48)67-57)66(47-14-11-44(12-15-47)43-7-3-2-4-8-43)64-52-29-46(63-33-40-24-41(34-63)26-42(25-40)35-63)28-50-49-27-45(62-30-37-21-38(31-62)23-39(22-37)32-62)13-16-53(49)65(61(50)52)55(20-36)60(51)64/h2-20,27-29,37-42H,21-26,30-35H2,1H3. The van der Waals surface area contributed by atoms with Gasteiger partial charge in [-0.1, -0.05) is 78.9 Å². The molecule has 10 aliphatic rings. The minimum absolute atomic E-state index is 0.0267. The first-order valence-corrected chi connectivity index (χ1v) is 26.9. The van der Waals surface area contributed by atoms with Crippen molar-refractivity contribution in [1.29, 1.82) is 0 Å². The van der Waals surface area contributed by atoms with E-state index in [4.69, 9.17) is 0 Å². The Hall–Kier alpha value is -5.58. The maximum atomic E-state index is 2.82. The molecule has 0 N–H and O–H groups in total. The van der Waals surface area contributed by atoms with Crippen LogP contribution in [0.4, 0.5) is 11.4 Å². The Morgan fingerprint density at radius 1 is 0.522 bits per heavy atom. The van der Waals surface area contributed by atoms with Gasteiger partial charge in [0.05, 0.1) is 11.0 Å². The SMILES string of the molecule is Cc1cc2c3c(c1)-n1c4ccc(C56CC7CC(CC(C7)C5)C6)cc4c4cc(C56CC7CC(CC(C7)C5)C6)cc(c41)B3N(c1ccc(-c3ccccc3)cc1)c1ccc3sc4ccccc4c3c1-2. The second kappa shape index (κ2) is 12.9. The van der Waals surface area contributed by atoms with Crippen molar-refractivity contribution in [1.82, 2.24) is 4.57 Å². The van der Waals surface area contributed by atoms with Crippen LogP contribution in [0.15, 0.2) is 133 Å². The molecule has 19 rings (SSSR count). The normalized spacial score (nSPS) is 29.2. The van der Waals surface area contributed by atoms with E-state index < -0.39 is 0 Å². The van der Waals surface area contributed by atoms with Gasteiger partial charge in [-0.05, 0) is 229 Å². The number of aromatic nitrogens is 1. The molecular weight excluding hydrogens is 828 g/mol. The highest BCUT2D eigenvalue weighted by Gasteiger charge is 2.54. The van der Waals surface area contributed by atoms with Gasteiger partial charge in [-0.3, -0.25) is 0 Å². The minimum atomic E-state index is 0.0267. The third-order valence-corrected chi connectivity index (χ3v) is 21.0. The summed E-state index contributed by atoms with van der Waals surface area (Å²) in [6.45, 7) is 2.38. The molecule has 4 heteroatoms. The van der Waals surface area contributed by atoms with Crippen molar-refractivity contribution < 1.29 is 0 Å². The molecule has 2 aliphatic heterocycles. The second-order valence-corrected chi connectivity index (χ2v) is 24.9. The highest BCUT2D eigenvalue weighted by atomic mass is 32.1.